The lowest BCUT2D eigenvalue weighted by Crippen LogP contribution is -2.34. The highest BCUT2D eigenvalue weighted by Gasteiger charge is 2.30. The van der Waals surface area contributed by atoms with Gasteiger partial charge in [0.25, 0.3) is 22.2 Å². The predicted octanol–water partition coefficient (Wildman–Crippen LogP) is 12.1. The third-order valence-electron chi connectivity index (χ3n) is 13.5. The zero-order valence-electron chi connectivity index (χ0n) is 36.1. The molecule has 11 aromatic rings. The summed E-state index contributed by atoms with van der Waals surface area (Å²) >= 11 is 0. The molecule has 0 aliphatic carbocycles. The van der Waals surface area contributed by atoms with E-state index in [0.29, 0.717) is 54.9 Å². The molecule has 0 N–H and O–H groups in total. The van der Waals surface area contributed by atoms with Gasteiger partial charge in [-0.1, -0.05) is 134 Å². The van der Waals surface area contributed by atoms with Crippen molar-refractivity contribution in [3.63, 3.8) is 0 Å². The average Bonchev–Trinajstić information content (AvgIpc) is 3.26. The second-order valence-electron chi connectivity index (χ2n) is 18.4. The molecule has 0 atom stereocenters. The van der Waals surface area contributed by atoms with Gasteiger partial charge in [-0.05, 0) is 86.3 Å². The van der Waals surface area contributed by atoms with Gasteiger partial charge in [-0.2, -0.15) is 0 Å². The zero-order chi connectivity index (χ0) is 43.2. The van der Waals surface area contributed by atoms with E-state index in [1.54, 1.807) is 0 Å². The number of fused-ring (bicyclic) bond motifs is 1. The van der Waals surface area contributed by atoms with E-state index in [-0.39, 0.29) is 45.9 Å². The Morgan fingerprint density at radius 3 is 1.21 bits per heavy atom. The maximum Gasteiger partial charge on any atom is 0.266 e. The minimum atomic E-state index is -0.380. The Morgan fingerprint density at radius 2 is 0.758 bits per heavy atom. The Bertz CT molecular complexity index is 3840. The van der Waals surface area contributed by atoms with Crippen molar-refractivity contribution >= 4 is 75.5 Å². The normalized spacial score (nSPS) is 12.7. The van der Waals surface area contributed by atoms with Gasteiger partial charge < -0.3 is 0 Å². The van der Waals surface area contributed by atoms with Crippen LogP contribution in [0.25, 0.3) is 98.2 Å². The number of hydrogen-bond acceptors (Lipinski definition) is 5. The van der Waals surface area contributed by atoms with Gasteiger partial charge in [-0.15, -0.1) is 0 Å². The van der Waals surface area contributed by atoms with Gasteiger partial charge in [0.15, 0.2) is 0 Å². The zero-order valence-corrected chi connectivity index (χ0v) is 36.1. The van der Waals surface area contributed by atoms with Crippen LogP contribution in [0.5, 0.6) is 0 Å². The van der Waals surface area contributed by atoms with Crippen LogP contribution in [-0.4, -0.2) is 14.1 Å². The van der Waals surface area contributed by atoms with Crippen molar-refractivity contribution in [1.29, 1.82) is 0 Å². The van der Waals surface area contributed by atoms with E-state index in [2.05, 4.69) is 55.4 Å². The number of para-hydroxylation sites is 2. The monoisotopic (exact) mass is 811 g/mol. The number of nitrogens with zero attached hydrogens (tertiary/aromatic N) is 3. The molecule has 0 unspecified atom stereocenters. The summed E-state index contributed by atoms with van der Waals surface area (Å²) in [6, 6.07) is 33.4. The van der Waals surface area contributed by atoms with Crippen LogP contribution in [0, 0.1) is 0 Å². The fraction of sp³-hybridized carbons (Fsp3) is 0.218. The quantitative estimate of drug-likeness (QED) is 0.118. The summed E-state index contributed by atoms with van der Waals surface area (Å²) in [6.07, 6.45) is 0. The van der Waals surface area contributed by atoms with Crippen molar-refractivity contribution in [2.75, 3.05) is 0 Å². The summed E-state index contributed by atoms with van der Waals surface area (Å²) in [5.74, 6) is 0.240. The predicted molar refractivity (Wildman–Crippen MR) is 257 cm³/mol. The molecule has 0 amide bonds. The van der Waals surface area contributed by atoms with Gasteiger partial charge in [0.05, 0.1) is 28.0 Å². The first-order chi connectivity index (χ1) is 29.8. The highest BCUT2D eigenvalue weighted by atomic mass is 16.2. The standard InChI is InChI=1S/C55H45N3O4/c1-26(2)31-16-12-17-32(27(3)4)50(31)57-52(59)37-22-20-35-36-21-23-38-44-41(55(62)58(53(38)60)51-33(28(5)6)18-13-19-34(51)29(7)8)25-42-48(46(36)44)47-39(24-40(54(57)61)43(37)45(35)47)49(56-42)30-14-10-9-11-15-30/h9-29H,1-8H3. The third-order valence-corrected chi connectivity index (χ3v) is 13.5. The van der Waals surface area contributed by atoms with Crippen LogP contribution in [0.15, 0.2) is 122 Å². The Balaban J connectivity index is 1.37. The van der Waals surface area contributed by atoms with Crippen LogP contribution in [-0.2, 0) is 0 Å². The number of rotatable bonds is 7. The molecule has 0 radical (unpaired) electrons. The molecule has 0 saturated heterocycles. The van der Waals surface area contributed by atoms with E-state index in [1.807, 2.05) is 103 Å². The van der Waals surface area contributed by atoms with Gasteiger partial charge in [0.2, 0.25) is 0 Å². The Morgan fingerprint density at radius 1 is 0.371 bits per heavy atom. The first kappa shape index (κ1) is 38.0. The maximum atomic E-state index is 15.3. The molecule has 7 heteroatoms. The van der Waals surface area contributed by atoms with E-state index < -0.39 is 0 Å². The smallest absolute Gasteiger partial charge is 0.266 e. The summed E-state index contributed by atoms with van der Waals surface area (Å²) in [6.45, 7) is 16.7. The fourth-order valence-corrected chi connectivity index (χ4v) is 10.7. The molecule has 0 bridgehead atoms. The van der Waals surface area contributed by atoms with Crippen LogP contribution in [0.1, 0.15) is 101 Å². The molecule has 8 aromatic carbocycles. The summed E-state index contributed by atoms with van der Waals surface area (Å²) in [5, 5.41) is 8.68. The molecule has 304 valence electrons. The molecule has 11 rings (SSSR count). The van der Waals surface area contributed by atoms with Crippen molar-refractivity contribution in [1.82, 2.24) is 14.1 Å². The van der Waals surface area contributed by atoms with E-state index in [4.69, 9.17) is 4.98 Å². The minimum Gasteiger partial charge on any atom is -0.268 e. The molecule has 7 nitrogen and oxygen atoms in total. The Labute approximate surface area is 356 Å². The van der Waals surface area contributed by atoms with E-state index >= 15 is 19.2 Å². The van der Waals surface area contributed by atoms with E-state index in [0.717, 1.165) is 65.5 Å². The second-order valence-corrected chi connectivity index (χ2v) is 18.4. The molecule has 3 heterocycles. The lowest BCUT2D eigenvalue weighted by Gasteiger charge is -2.24. The molecular formula is C55H45N3O4. The topological polar surface area (TPSA) is 91.0 Å². The molecule has 3 aromatic heterocycles. The van der Waals surface area contributed by atoms with Gasteiger partial charge in [-0.3, -0.25) is 19.2 Å². The highest BCUT2D eigenvalue weighted by molar-refractivity contribution is 6.45. The summed E-state index contributed by atoms with van der Waals surface area (Å²) < 4.78 is 2.82. The van der Waals surface area contributed by atoms with Crippen molar-refractivity contribution < 1.29 is 0 Å². The van der Waals surface area contributed by atoms with Crippen molar-refractivity contribution in [2.45, 2.75) is 79.1 Å². The summed E-state index contributed by atoms with van der Waals surface area (Å²) in [7, 11) is 0. The van der Waals surface area contributed by atoms with E-state index in [9.17, 15) is 0 Å². The maximum absolute atomic E-state index is 15.3. The lowest BCUT2D eigenvalue weighted by molar-refractivity contribution is 0.792. The first-order valence-electron chi connectivity index (χ1n) is 21.8. The summed E-state index contributed by atoms with van der Waals surface area (Å²) in [4.78, 5) is 66.1. The average molecular weight is 812 g/mol. The summed E-state index contributed by atoms with van der Waals surface area (Å²) in [5.41, 5.74) is 5.72. The molecule has 62 heavy (non-hydrogen) atoms. The number of hydrogen-bond donors (Lipinski definition) is 0. The molecule has 0 aliphatic heterocycles. The molecule has 0 spiro atoms. The van der Waals surface area contributed by atoms with E-state index in [1.165, 1.54) is 9.13 Å². The minimum absolute atomic E-state index is 0.0594. The molecular weight excluding hydrogens is 767 g/mol. The SMILES string of the molecule is CC(C)c1cccc(C(C)C)c1-n1c(=O)c2ccc3c4ccc5c(=O)n(-c6c(C(C)C)cccc6C(C)C)c(=O)c6cc7c(-c8ccccc8)nc8cc(c1=O)c2c3c8c7c4c56. The lowest BCUT2D eigenvalue weighted by atomic mass is 9.83. The van der Waals surface area contributed by atoms with Crippen LogP contribution >= 0.6 is 0 Å². The number of pyridine rings is 3. The van der Waals surface area contributed by atoms with Crippen LogP contribution < -0.4 is 22.2 Å². The van der Waals surface area contributed by atoms with Gasteiger partial charge in [-0.25, -0.2) is 14.1 Å². The van der Waals surface area contributed by atoms with Crippen molar-refractivity contribution in [3.8, 4) is 22.6 Å². The second kappa shape index (κ2) is 13.3. The fourth-order valence-electron chi connectivity index (χ4n) is 10.7. The number of aromatic nitrogens is 3. The first-order valence-corrected chi connectivity index (χ1v) is 21.8. The van der Waals surface area contributed by atoms with Crippen molar-refractivity contribution in [2.24, 2.45) is 0 Å². The highest BCUT2D eigenvalue weighted by Crippen LogP contribution is 2.49. The molecule has 0 fully saturated rings. The Kier molecular flexibility index (Phi) is 8.12. The third kappa shape index (κ3) is 4.90. The van der Waals surface area contributed by atoms with Gasteiger partial charge in [0, 0.05) is 54.0 Å². The molecule has 0 saturated carbocycles. The van der Waals surface area contributed by atoms with Crippen LogP contribution in [0.2, 0.25) is 0 Å². The van der Waals surface area contributed by atoms with Gasteiger partial charge >= 0.3 is 0 Å². The van der Waals surface area contributed by atoms with Crippen molar-refractivity contribution in [3.05, 3.63) is 167 Å². The van der Waals surface area contributed by atoms with Crippen LogP contribution in [0.3, 0.4) is 0 Å². The number of benzene rings is 8. The van der Waals surface area contributed by atoms with Gasteiger partial charge in [0.1, 0.15) is 0 Å². The largest absolute Gasteiger partial charge is 0.268 e. The molecule has 0 aliphatic rings. The Hall–Kier alpha value is -6.99. The van der Waals surface area contributed by atoms with Crippen LogP contribution in [0.4, 0.5) is 0 Å².